The van der Waals surface area contributed by atoms with E-state index >= 15 is 0 Å². The maximum absolute atomic E-state index is 11.6. The molecule has 0 radical (unpaired) electrons. The fourth-order valence-corrected chi connectivity index (χ4v) is 1.88. The lowest BCUT2D eigenvalue weighted by Gasteiger charge is -1.94. The minimum Gasteiger partial charge on any atom is -0.282 e. The average Bonchev–Trinajstić information content (AvgIpc) is 2.39. The summed E-state index contributed by atoms with van der Waals surface area (Å²) in [4.78, 5) is 15.7. The predicted molar refractivity (Wildman–Crippen MR) is 70.6 cm³/mol. The zero-order chi connectivity index (χ0) is 11.9. The van der Waals surface area contributed by atoms with Gasteiger partial charge in [-0.3, -0.25) is 4.79 Å². The number of nitrogens with zero attached hydrogens (tertiary/aromatic N) is 1. The fraction of sp³-hybridized carbons (Fsp3) is 0. The Morgan fingerprint density at radius 2 is 1.82 bits per heavy atom. The van der Waals surface area contributed by atoms with E-state index < -0.39 is 0 Å². The molecular formula is C14H11NOS. The molecule has 0 spiro atoms. The van der Waals surface area contributed by atoms with Gasteiger partial charge in [0.25, 0.3) is 0 Å². The summed E-state index contributed by atoms with van der Waals surface area (Å²) in [5, 5.41) is 0.697. The van der Waals surface area contributed by atoms with Crippen molar-refractivity contribution in [3.8, 4) is 0 Å². The first-order chi connectivity index (χ1) is 8.34. The van der Waals surface area contributed by atoms with Crippen LogP contribution in [0.25, 0.3) is 6.08 Å². The number of aromatic nitrogens is 1. The summed E-state index contributed by atoms with van der Waals surface area (Å²) in [7, 11) is 0. The molecule has 2 nitrogen and oxygen atoms in total. The van der Waals surface area contributed by atoms with Crippen LogP contribution in [0.5, 0.6) is 0 Å². The van der Waals surface area contributed by atoms with Crippen LogP contribution in [0.4, 0.5) is 0 Å². The smallest absolute Gasteiger partial charge is 0.218 e. The van der Waals surface area contributed by atoms with E-state index in [0.717, 1.165) is 22.4 Å². The van der Waals surface area contributed by atoms with Crippen molar-refractivity contribution >= 4 is 23.0 Å². The topological polar surface area (TPSA) is 30.0 Å². The van der Waals surface area contributed by atoms with Gasteiger partial charge >= 0.3 is 0 Å². The van der Waals surface area contributed by atoms with Crippen molar-refractivity contribution in [1.82, 2.24) is 4.98 Å². The summed E-state index contributed by atoms with van der Waals surface area (Å²) >= 11 is 1.13. The number of hydrogen-bond acceptors (Lipinski definition) is 3. The lowest BCUT2D eigenvalue weighted by atomic mass is 10.2. The summed E-state index contributed by atoms with van der Waals surface area (Å²) in [6.07, 6.45) is 5.05. The predicted octanol–water partition coefficient (Wildman–Crippen LogP) is 3.41. The number of hydrogen-bond donors (Lipinski definition) is 0. The van der Waals surface area contributed by atoms with Crippen LogP contribution in [-0.4, -0.2) is 10.1 Å². The van der Waals surface area contributed by atoms with Crippen LogP contribution in [0.15, 0.2) is 65.8 Å². The molecule has 0 aliphatic carbocycles. The SMILES string of the molecule is O=C(/C=C/c1ccccc1)Sc1ccccn1. The van der Waals surface area contributed by atoms with Crippen molar-refractivity contribution < 1.29 is 4.79 Å². The molecule has 0 amide bonds. The van der Waals surface area contributed by atoms with E-state index in [1.54, 1.807) is 18.3 Å². The Hall–Kier alpha value is -1.87. The number of carbonyl (C=O) groups excluding carboxylic acids is 1. The van der Waals surface area contributed by atoms with Gasteiger partial charge in [-0.15, -0.1) is 0 Å². The third-order valence-corrected chi connectivity index (χ3v) is 2.84. The zero-order valence-electron chi connectivity index (χ0n) is 9.11. The molecule has 0 N–H and O–H groups in total. The standard InChI is InChI=1S/C14H11NOS/c16-14(17-13-8-4-5-11-15-13)10-9-12-6-2-1-3-7-12/h1-11H/b10-9+. The molecule has 1 aromatic heterocycles. The van der Waals surface area contributed by atoms with Gasteiger partial charge in [-0.1, -0.05) is 42.5 Å². The van der Waals surface area contributed by atoms with E-state index in [0.29, 0.717) is 0 Å². The van der Waals surface area contributed by atoms with Crippen LogP contribution < -0.4 is 0 Å². The number of thioether (sulfide) groups is 1. The van der Waals surface area contributed by atoms with Crippen molar-refractivity contribution in [3.63, 3.8) is 0 Å². The van der Waals surface area contributed by atoms with Crippen LogP contribution >= 0.6 is 11.8 Å². The fourth-order valence-electron chi connectivity index (χ4n) is 1.27. The van der Waals surface area contributed by atoms with Crippen LogP contribution in [-0.2, 0) is 4.79 Å². The second-order valence-electron chi connectivity index (χ2n) is 3.33. The molecule has 1 aromatic carbocycles. The average molecular weight is 241 g/mol. The summed E-state index contributed by atoms with van der Waals surface area (Å²) in [6.45, 7) is 0. The molecule has 0 fully saturated rings. The molecule has 17 heavy (non-hydrogen) atoms. The maximum Gasteiger partial charge on any atom is 0.218 e. The van der Waals surface area contributed by atoms with Gasteiger partial charge in [0, 0.05) is 6.20 Å². The quantitative estimate of drug-likeness (QED) is 0.609. The Kier molecular flexibility index (Phi) is 4.11. The van der Waals surface area contributed by atoms with Gasteiger partial charge in [-0.25, -0.2) is 4.98 Å². The van der Waals surface area contributed by atoms with Gasteiger partial charge in [0.2, 0.25) is 5.12 Å². The van der Waals surface area contributed by atoms with Crippen LogP contribution in [0, 0.1) is 0 Å². The third kappa shape index (κ3) is 3.89. The summed E-state index contributed by atoms with van der Waals surface area (Å²) < 4.78 is 0. The number of carbonyl (C=O) groups is 1. The van der Waals surface area contributed by atoms with Gasteiger partial charge in [0.05, 0.1) is 0 Å². The Balaban J connectivity index is 1.96. The van der Waals surface area contributed by atoms with Crippen molar-refractivity contribution in [3.05, 3.63) is 66.4 Å². The second kappa shape index (κ2) is 6.01. The Bertz CT molecular complexity index is 508. The number of rotatable bonds is 3. The Morgan fingerprint density at radius 1 is 1.06 bits per heavy atom. The highest BCUT2D eigenvalue weighted by molar-refractivity contribution is 8.14. The molecule has 0 atom stereocenters. The van der Waals surface area contributed by atoms with E-state index in [2.05, 4.69) is 4.98 Å². The first kappa shape index (κ1) is 11.6. The van der Waals surface area contributed by atoms with E-state index in [9.17, 15) is 4.79 Å². The van der Waals surface area contributed by atoms with E-state index in [1.165, 1.54) is 0 Å². The van der Waals surface area contributed by atoms with Crippen LogP contribution in [0.3, 0.4) is 0 Å². The van der Waals surface area contributed by atoms with Gasteiger partial charge in [0.1, 0.15) is 5.03 Å². The minimum absolute atomic E-state index is 0.0208. The lowest BCUT2D eigenvalue weighted by Crippen LogP contribution is -1.86. The van der Waals surface area contributed by atoms with E-state index in [4.69, 9.17) is 0 Å². The molecule has 0 saturated heterocycles. The molecule has 2 rings (SSSR count). The Morgan fingerprint density at radius 3 is 2.53 bits per heavy atom. The molecule has 1 heterocycles. The molecular weight excluding hydrogens is 230 g/mol. The molecule has 84 valence electrons. The highest BCUT2D eigenvalue weighted by atomic mass is 32.2. The van der Waals surface area contributed by atoms with Gasteiger partial charge in [-0.2, -0.15) is 0 Å². The maximum atomic E-state index is 11.6. The first-order valence-corrected chi connectivity index (χ1v) is 6.02. The molecule has 0 saturated carbocycles. The molecule has 0 unspecified atom stereocenters. The largest absolute Gasteiger partial charge is 0.282 e. The summed E-state index contributed by atoms with van der Waals surface area (Å²) in [5.41, 5.74) is 1.02. The number of benzene rings is 1. The van der Waals surface area contributed by atoms with Crippen molar-refractivity contribution in [1.29, 1.82) is 0 Å². The normalized spacial score (nSPS) is 10.6. The number of pyridine rings is 1. The highest BCUT2D eigenvalue weighted by Gasteiger charge is 2.00. The molecule has 3 heteroatoms. The van der Waals surface area contributed by atoms with Crippen molar-refractivity contribution in [2.24, 2.45) is 0 Å². The van der Waals surface area contributed by atoms with Crippen molar-refractivity contribution in [2.45, 2.75) is 5.03 Å². The second-order valence-corrected chi connectivity index (χ2v) is 4.36. The summed E-state index contributed by atoms with van der Waals surface area (Å²) in [5.74, 6) is 0. The molecule has 2 aromatic rings. The van der Waals surface area contributed by atoms with Gasteiger partial charge < -0.3 is 0 Å². The molecule has 0 bridgehead atoms. The van der Waals surface area contributed by atoms with Crippen LogP contribution in [0.1, 0.15) is 5.56 Å². The van der Waals surface area contributed by atoms with Crippen molar-refractivity contribution in [2.75, 3.05) is 0 Å². The Labute approximate surface area is 104 Å². The minimum atomic E-state index is -0.0208. The lowest BCUT2D eigenvalue weighted by molar-refractivity contribution is -0.107. The summed E-state index contributed by atoms with van der Waals surface area (Å²) in [6, 6.07) is 15.2. The highest BCUT2D eigenvalue weighted by Crippen LogP contribution is 2.16. The zero-order valence-corrected chi connectivity index (χ0v) is 9.93. The van der Waals surface area contributed by atoms with Gasteiger partial charge in [-0.05, 0) is 35.5 Å². The van der Waals surface area contributed by atoms with E-state index in [-0.39, 0.29) is 5.12 Å². The first-order valence-electron chi connectivity index (χ1n) is 5.20. The van der Waals surface area contributed by atoms with Gasteiger partial charge in [0.15, 0.2) is 0 Å². The molecule has 0 aliphatic heterocycles. The third-order valence-electron chi connectivity index (χ3n) is 2.05. The molecule has 0 aliphatic rings. The monoisotopic (exact) mass is 241 g/mol. The van der Waals surface area contributed by atoms with E-state index in [1.807, 2.05) is 48.5 Å². The van der Waals surface area contributed by atoms with Crippen LogP contribution in [0.2, 0.25) is 0 Å².